The second kappa shape index (κ2) is 8.29. The minimum atomic E-state index is -0.0952. The van der Waals surface area contributed by atoms with Gasteiger partial charge in [0.15, 0.2) is 0 Å². The molecule has 142 valence electrons. The Kier molecular flexibility index (Phi) is 5.60. The summed E-state index contributed by atoms with van der Waals surface area (Å²) in [4.78, 5) is 25.7. The van der Waals surface area contributed by atoms with Gasteiger partial charge in [0.2, 0.25) is 5.91 Å². The lowest BCUT2D eigenvalue weighted by atomic mass is 9.89. The van der Waals surface area contributed by atoms with Crippen LogP contribution in [0.25, 0.3) is 10.2 Å². The molecule has 0 fully saturated rings. The van der Waals surface area contributed by atoms with E-state index in [1.807, 2.05) is 30.3 Å². The third-order valence-corrected chi connectivity index (χ3v) is 7.12. The highest BCUT2D eigenvalue weighted by atomic mass is 32.2. The number of para-hydroxylation sites is 1. The fourth-order valence-electron chi connectivity index (χ4n) is 3.57. The first-order valence-corrected chi connectivity index (χ1v) is 11.1. The van der Waals surface area contributed by atoms with Crippen molar-refractivity contribution in [3.05, 3.63) is 47.1 Å². The number of anilines is 1. The zero-order valence-electron chi connectivity index (χ0n) is 15.6. The van der Waals surface area contributed by atoms with Crippen LogP contribution in [0.15, 0.2) is 41.7 Å². The van der Waals surface area contributed by atoms with Crippen LogP contribution in [0, 0.1) is 17.2 Å². The molecule has 2 aromatic heterocycles. The summed E-state index contributed by atoms with van der Waals surface area (Å²) in [6.45, 7) is 2.33. The van der Waals surface area contributed by atoms with Crippen molar-refractivity contribution < 1.29 is 4.79 Å². The molecule has 2 heterocycles. The molecule has 0 spiro atoms. The number of hydrogen-bond donors (Lipinski definition) is 0. The van der Waals surface area contributed by atoms with Crippen molar-refractivity contribution >= 4 is 44.9 Å². The fraction of sp³-hybridized carbons (Fsp3) is 0.333. The van der Waals surface area contributed by atoms with E-state index in [4.69, 9.17) is 5.26 Å². The zero-order chi connectivity index (χ0) is 19.5. The summed E-state index contributed by atoms with van der Waals surface area (Å²) in [6.07, 6.45) is 4.92. The average molecular weight is 409 g/mol. The summed E-state index contributed by atoms with van der Waals surface area (Å²) in [6, 6.07) is 11.4. The normalized spacial score (nSPS) is 15.8. The number of nitriles is 1. The van der Waals surface area contributed by atoms with E-state index in [9.17, 15) is 4.79 Å². The van der Waals surface area contributed by atoms with Gasteiger partial charge in [-0.25, -0.2) is 9.97 Å². The Morgan fingerprint density at radius 2 is 2.18 bits per heavy atom. The lowest BCUT2D eigenvalue weighted by molar-refractivity contribution is -0.116. The van der Waals surface area contributed by atoms with Crippen LogP contribution < -0.4 is 4.90 Å². The molecule has 1 aromatic carbocycles. The summed E-state index contributed by atoms with van der Waals surface area (Å²) in [5, 5.41) is 11.1. The second-order valence-corrected chi connectivity index (χ2v) is 9.02. The maximum atomic E-state index is 12.8. The molecule has 1 aliphatic rings. The highest BCUT2D eigenvalue weighted by Gasteiger charge is 2.24. The standard InChI is InChI=1S/C21H20N4OS2/c1-14-7-8-16-17(11-14)28-21-19(16)20(23-13-24-21)27-12-18(26)25(10-9-22)15-5-3-2-4-6-15/h2-6,13-14H,7-8,10-12H2,1H3/t14-/m1/s1. The predicted molar refractivity (Wildman–Crippen MR) is 114 cm³/mol. The van der Waals surface area contributed by atoms with Gasteiger partial charge >= 0.3 is 0 Å². The summed E-state index contributed by atoms with van der Waals surface area (Å²) >= 11 is 3.20. The number of nitrogens with zero attached hydrogens (tertiary/aromatic N) is 4. The van der Waals surface area contributed by atoms with Crippen molar-refractivity contribution in [2.24, 2.45) is 5.92 Å². The average Bonchev–Trinajstić information content (AvgIpc) is 3.08. The molecule has 1 aliphatic carbocycles. The quantitative estimate of drug-likeness (QED) is 0.354. The third-order valence-electron chi connectivity index (χ3n) is 4.99. The van der Waals surface area contributed by atoms with Gasteiger partial charge in [-0.05, 0) is 42.9 Å². The lowest BCUT2D eigenvalue weighted by Gasteiger charge is -2.20. The van der Waals surface area contributed by atoms with Crippen LogP contribution in [0.3, 0.4) is 0 Å². The smallest absolute Gasteiger partial charge is 0.238 e. The third kappa shape index (κ3) is 3.75. The number of thiophene rings is 1. The molecular formula is C21H20N4OS2. The predicted octanol–water partition coefficient (Wildman–Crippen LogP) is 4.46. The van der Waals surface area contributed by atoms with E-state index >= 15 is 0 Å². The molecule has 0 radical (unpaired) electrons. The van der Waals surface area contributed by atoms with Crippen molar-refractivity contribution in [2.45, 2.75) is 31.2 Å². The van der Waals surface area contributed by atoms with Crippen LogP contribution in [-0.2, 0) is 17.6 Å². The minimum Gasteiger partial charge on any atom is -0.298 e. The Morgan fingerprint density at radius 3 is 2.96 bits per heavy atom. The fourth-order valence-corrected chi connectivity index (χ4v) is 5.88. The molecule has 5 nitrogen and oxygen atoms in total. The molecule has 7 heteroatoms. The van der Waals surface area contributed by atoms with Gasteiger partial charge in [-0.15, -0.1) is 11.3 Å². The number of aryl methyl sites for hydroxylation is 1. The Bertz CT molecular complexity index is 1040. The van der Waals surface area contributed by atoms with E-state index in [0.29, 0.717) is 5.92 Å². The van der Waals surface area contributed by atoms with Gasteiger partial charge < -0.3 is 0 Å². The van der Waals surface area contributed by atoms with Crippen molar-refractivity contribution in [2.75, 3.05) is 17.2 Å². The van der Waals surface area contributed by atoms with Gasteiger partial charge in [0.05, 0.1) is 11.8 Å². The lowest BCUT2D eigenvalue weighted by Crippen LogP contribution is -2.32. The van der Waals surface area contributed by atoms with E-state index in [1.165, 1.54) is 33.5 Å². The number of carbonyl (C=O) groups excluding carboxylic acids is 1. The molecule has 4 rings (SSSR count). The van der Waals surface area contributed by atoms with Gasteiger partial charge in [-0.2, -0.15) is 5.26 Å². The molecule has 0 N–H and O–H groups in total. The second-order valence-electron chi connectivity index (χ2n) is 6.97. The monoisotopic (exact) mass is 408 g/mol. The van der Waals surface area contributed by atoms with E-state index in [1.54, 1.807) is 17.7 Å². The number of fused-ring (bicyclic) bond motifs is 3. The maximum absolute atomic E-state index is 12.8. The molecule has 1 atom stereocenters. The SMILES string of the molecule is C[C@@H]1CCc2c(sc3ncnc(SCC(=O)N(CC#N)c4ccccc4)c23)C1. The molecule has 0 saturated carbocycles. The van der Waals surface area contributed by atoms with Crippen molar-refractivity contribution in [3.8, 4) is 6.07 Å². The van der Waals surface area contributed by atoms with Crippen LogP contribution in [-0.4, -0.2) is 28.2 Å². The number of aromatic nitrogens is 2. The first kappa shape index (κ1) is 18.9. The summed E-state index contributed by atoms with van der Waals surface area (Å²) in [7, 11) is 0. The molecule has 3 aromatic rings. The van der Waals surface area contributed by atoms with E-state index in [0.717, 1.165) is 33.8 Å². The number of thioether (sulfide) groups is 1. The number of benzene rings is 1. The van der Waals surface area contributed by atoms with Gasteiger partial charge in [-0.3, -0.25) is 9.69 Å². The Labute approximate surface area is 172 Å². The van der Waals surface area contributed by atoms with Gasteiger partial charge in [0.1, 0.15) is 22.7 Å². The highest BCUT2D eigenvalue weighted by Crippen LogP contribution is 2.40. The summed E-state index contributed by atoms with van der Waals surface area (Å²) in [5.74, 6) is 0.850. The van der Waals surface area contributed by atoms with Crippen LogP contribution in [0.5, 0.6) is 0 Å². The first-order chi connectivity index (χ1) is 13.7. The van der Waals surface area contributed by atoms with Gasteiger partial charge in [0, 0.05) is 16.0 Å². The Balaban J connectivity index is 1.57. The summed E-state index contributed by atoms with van der Waals surface area (Å²) < 4.78 is 0. The number of rotatable bonds is 5. The largest absolute Gasteiger partial charge is 0.298 e. The van der Waals surface area contributed by atoms with Crippen LogP contribution in [0.2, 0.25) is 0 Å². The minimum absolute atomic E-state index is 0.0360. The highest BCUT2D eigenvalue weighted by molar-refractivity contribution is 8.00. The Morgan fingerprint density at radius 1 is 1.36 bits per heavy atom. The van der Waals surface area contributed by atoms with Gasteiger partial charge in [-0.1, -0.05) is 36.9 Å². The van der Waals surface area contributed by atoms with Crippen molar-refractivity contribution in [3.63, 3.8) is 0 Å². The molecule has 1 amide bonds. The van der Waals surface area contributed by atoms with Crippen LogP contribution in [0.4, 0.5) is 5.69 Å². The molecular weight excluding hydrogens is 388 g/mol. The van der Waals surface area contributed by atoms with Crippen LogP contribution >= 0.6 is 23.1 Å². The molecule has 0 saturated heterocycles. The number of carbonyl (C=O) groups is 1. The maximum Gasteiger partial charge on any atom is 0.238 e. The molecule has 0 bridgehead atoms. The van der Waals surface area contributed by atoms with Crippen LogP contribution in [0.1, 0.15) is 23.8 Å². The topological polar surface area (TPSA) is 69.9 Å². The molecule has 0 unspecified atom stereocenters. The zero-order valence-corrected chi connectivity index (χ0v) is 17.2. The molecule has 28 heavy (non-hydrogen) atoms. The van der Waals surface area contributed by atoms with E-state index in [2.05, 4.69) is 23.0 Å². The van der Waals surface area contributed by atoms with E-state index < -0.39 is 0 Å². The van der Waals surface area contributed by atoms with E-state index in [-0.39, 0.29) is 18.2 Å². The van der Waals surface area contributed by atoms with Gasteiger partial charge in [0.25, 0.3) is 0 Å². The Hall–Kier alpha value is -2.43. The molecule has 0 aliphatic heterocycles. The first-order valence-electron chi connectivity index (χ1n) is 9.27. The number of amides is 1. The van der Waals surface area contributed by atoms with Crippen molar-refractivity contribution in [1.29, 1.82) is 5.26 Å². The van der Waals surface area contributed by atoms with Crippen molar-refractivity contribution in [1.82, 2.24) is 9.97 Å². The number of hydrogen-bond acceptors (Lipinski definition) is 6. The summed E-state index contributed by atoms with van der Waals surface area (Å²) in [5.41, 5.74) is 2.11.